The molecule has 0 amide bonds. The molecule has 0 aliphatic rings. The number of alkyl halides is 3. The van der Waals surface area contributed by atoms with E-state index >= 15 is 0 Å². The Morgan fingerprint density at radius 3 is 2.06 bits per heavy atom. The minimum Gasteiger partial charge on any atom is -0.320 e. The van der Waals surface area contributed by atoms with Crippen LogP contribution in [-0.2, 0) is 0 Å². The second kappa shape index (κ2) is 5.54. The average molecular weight is 245 g/mol. The number of hydrogen-bond donors (Lipinski definition) is 1. The van der Waals surface area contributed by atoms with Gasteiger partial charge in [-0.1, -0.05) is 29.3 Å². The minimum atomic E-state index is -4.18. The summed E-state index contributed by atoms with van der Waals surface area (Å²) in [5.74, 6) is -1.38. The highest BCUT2D eigenvalue weighted by Crippen LogP contribution is 2.37. The van der Waals surface area contributed by atoms with Crippen molar-refractivity contribution in [2.45, 2.75) is 32.4 Å². The van der Waals surface area contributed by atoms with Gasteiger partial charge in [0.15, 0.2) is 0 Å². The first kappa shape index (κ1) is 14.0. The van der Waals surface area contributed by atoms with E-state index < -0.39 is 12.1 Å². The highest BCUT2D eigenvalue weighted by Gasteiger charge is 2.40. The smallest absolute Gasteiger partial charge is 0.320 e. The predicted molar refractivity (Wildman–Crippen MR) is 63.3 cm³/mol. The highest BCUT2D eigenvalue weighted by molar-refractivity contribution is 5.31. The van der Waals surface area contributed by atoms with Crippen molar-refractivity contribution in [3.05, 3.63) is 34.9 Å². The summed E-state index contributed by atoms with van der Waals surface area (Å²) in [6, 6.07) is 5.14. The molecule has 1 N–H and O–H groups in total. The third-order valence-corrected chi connectivity index (χ3v) is 2.72. The summed E-state index contributed by atoms with van der Waals surface area (Å²) in [5.41, 5.74) is 2.11. The number of benzene rings is 1. The van der Waals surface area contributed by atoms with Gasteiger partial charge in [-0.3, -0.25) is 0 Å². The molecule has 1 atom stereocenters. The molecule has 1 unspecified atom stereocenters. The molecule has 0 saturated carbocycles. The van der Waals surface area contributed by atoms with Crippen molar-refractivity contribution in [3.8, 4) is 0 Å². The van der Waals surface area contributed by atoms with Gasteiger partial charge < -0.3 is 5.32 Å². The van der Waals surface area contributed by atoms with E-state index in [1.807, 2.05) is 19.9 Å². The SMILES string of the molecule is CNCCC(c1cc(C)cc(C)c1)C(F)(F)F. The van der Waals surface area contributed by atoms with Crippen LogP contribution >= 0.6 is 0 Å². The molecular formula is C13H18F3N. The molecule has 0 heterocycles. The molecule has 0 aliphatic carbocycles. The molecule has 96 valence electrons. The van der Waals surface area contributed by atoms with Crippen molar-refractivity contribution in [2.75, 3.05) is 13.6 Å². The van der Waals surface area contributed by atoms with Crippen LogP contribution in [-0.4, -0.2) is 19.8 Å². The van der Waals surface area contributed by atoms with Crippen LogP contribution in [0.3, 0.4) is 0 Å². The van der Waals surface area contributed by atoms with E-state index in [4.69, 9.17) is 0 Å². The number of aryl methyl sites for hydroxylation is 2. The monoisotopic (exact) mass is 245 g/mol. The van der Waals surface area contributed by atoms with Gasteiger partial charge in [-0.2, -0.15) is 13.2 Å². The molecular weight excluding hydrogens is 227 g/mol. The second-order valence-corrected chi connectivity index (χ2v) is 4.41. The first-order valence-corrected chi connectivity index (χ1v) is 5.64. The van der Waals surface area contributed by atoms with Gasteiger partial charge in [-0.25, -0.2) is 0 Å². The van der Waals surface area contributed by atoms with Crippen LogP contribution in [0.15, 0.2) is 18.2 Å². The Bertz CT molecular complexity index is 351. The number of halogens is 3. The molecule has 0 radical (unpaired) electrons. The summed E-state index contributed by atoms with van der Waals surface area (Å²) >= 11 is 0. The maximum atomic E-state index is 13.0. The van der Waals surface area contributed by atoms with Gasteiger partial charge in [0, 0.05) is 0 Å². The number of nitrogens with one attached hydrogen (secondary N) is 1. The Labute approximate surface area is 100 Å². The Kier molecular flexibility index (Phi) is 4.57. The minimum absolute atomic E-state index is 0.0723. The fourth-order valence-corrected chi connectivity index (χ4v) is 2.02. The molecule has 0 spiro atoms. The van der Waals surface area contributed by atoms with Gasteiger partial charge in [-0.05, 0) is 39.4 Å². The third-order valence-electron chi connectivity index (χ3n) is 2.72. The van der Waals surface area contributed by atoms with Gasteiger partial charge in [0.2, 0.25) is 0 Å². The molecule has 0 fully saturated rings. The number of rotatable bonds is 4. The maximum absolute atomic E-state index is 13.0. The molecule has 1 nitrogen and oxygen atoms in total. The van der Waals surface area contributed by atoms with Gasteiger partial charge in [0.1, 0.15) is 0 Å². The van der Waals surface area contributed by atoms with Crippen molar-refractivity contribution in [3.63, 3.8) is 0 Å². The van der Waals surface area contributed by atoms with Crippen molar-refractivity contribution < 1.29 is 13.2 Å². The van der Waals surface area contributed by atoms with E-state index in [1.165, 1.54) is 0 Å². The van der Waals surface area contributed by atoms with Crippen LogP contribution in [0.4, 0.5) is 13.2 Å². The van der Waals surface area contributed by atoms with Crippen molar-refractivity contribution in [1.29, 1.82) is 0 Å². The van der Waals surface area contributed by atoms with Gasteiger partial charge in [-0.15, -0.1) is 0 Å². The zero-order valence-electron chi connectivity index (χ0n) is 10.4. The molecule has 0 aliphatic heterocycles. The molecule has 0 bridgehead atoms. The lowest BCUT2D eigenvalue weighted by molar-refractivity contribution is -0.151. The first-order chi connectivity index (χ1) is 7.84. The Morgan fingerprint density at radius 2 is 1.65 bits per heavy atom. The molecule has 17 heavy (non-hydrogen) atoms. The van der Waals surface area contributed by atoms with Crippen molar-refractivity contribution >= 4 is 0 Å². The van der Waals surface area contributed by atoms with E-state index in [0.717, 1.165) is 11.1 Å². The van der Waals surface area contributed by atoms with Crippen LogP contribution in [0.2, 0.25) is 0 Å². The standard InChI is InChI=1S/C13H18F3N/c1-9-6-10(2)8-11(7-9)12(4-5-17-3)13(14,15)16/h6-8,12,17H,4-5H2,1-3H3. The summed E-state index contributed by atoms with van der Waals surface area (Å²) in [4.78, 5) is 0. The summed E-state index contributed by atoms with van der Waals surface area (Å²) < 4.78 is 38.9. The third kappa shape index (κ3) is 4.04. The Morgan fingerprint density at radius 1 is 1.12 bits per heavy atom. The molecule has 1 rings (SSSR count). The largest absolute Gasteiger partial charge is 0.395 e. The van der Waals surface area contributed by atoms with Crippen LogP contribution < -0.4 is 5.32 Å². The van der Waals surface area contributed by atoms with E-state index in [1.54, 1.807) is 19.2 Å². The predicted octanol–water partition coefficient (Wildman–Crippen LogP) is 3.56. The molecule has 4 heteroatoms. The maximum Gasteiger partial charge on any atom is 0.395 e. The fourth-order valence-electron chi connectivity index (χ4n) is 2.02. The molecule has 1 aromatic carbocycles. The lowest BCUT2D eigenvalue weighted by Crippen LogP contribution is -2.24. The fraction of sp³-hybridized carbons (Fsp3) is 0.538. The summed E-state index contributed by atoms with van der Waals surface area (Å²) in [7, 11) is 1.66. The van der Waals surface area contributed by atoms with Crippen LogP contribution in [0.1, 0.15) is 29.0 Å². The van der Waals surface area contributed by atoms with E-state index in [2.05, 4.69) is 5.32 Å². The van der Waals surface area contributed by atoms with Crippen molar-refractivity contribution in [2.24, 2.45) is 0 Å². The normalized spacial score (nSPS) is 13.8. The van der Waals surface area contributed by atoms with E-state index in [9.17, 15) is 13.2 Å². The molecule has 0 saturated heterocycles. The zero-order valence-corrected chi connectivity index (χ0v) is 10.4. The lowest BCUT2D eigenvalue weighted by Gasteiger charge is -2.21. The average Bonchev–Trinajstić information content (AvgIpc) is 2.14. The highest BCUT2D eigenvalue weighted by atomic mass is 19.4. The topological polar surface area (TPSA) is 12.0 Å². The van der Waals surface area contributed by atoms with Gasteiger partial charge >= 0.3 is 6.18 Å². The second-order valence-electron chi connectivity index (χ2n) is 4.41. The van der Waals surface area contributed by atoms with E-state index in [-0.39, 0.29) is 6.42 Å². The first-order valence-electron chi connectivity index (χ1n) is 5.64. The van der Waals surface area contributed by atoms with Crippen LogP contribution in [0.5, 0.6) is 0 Å². The molecule has 0 aromatic heterocycles. The van der Waals surface area contributed by atoms with Crippen LogP contribution in [0, 0.1) is 13.8 Å². The van der Waals surface area contributed by atoms with Gasteiger partial charge in [0.25, 0.3) is 0 Å². The molecule has 1 aromatic rings. The van der Waals surface area contributed by atoms with Gasteiger partial charge in [0.05, 0.1) is 5.92 Å². The lowest BCUT2D eigenvalue weighted by atomic mass is 9.92. The Balaban J connectivity index is 3.03. The quantitative estimate of drug-likeness (QED) is 0.855. The summed E-state index contributed by atoms with van der Waals surface area (Å²) in [6.45, 7) is 4.00. The van der Waals surface area contributed by atoms with Crippen molar-refractivity contribution in [1.82, 2.24) is 5.32 Å². The number of hydrogen-bond acceptors (Lipinski definition) is 1. The zero-order chi connectivity index (χ0) is 13.1. The van der Waals surface area contributed by atoms with E-state index in [0.29, 0.717) is 12.1 Å². The summed E-state index contributed by atoms with van der Waals surface area (Å²) in [5, 5.41) is 2.77. The summed E-state index contributed by atoms with van der Waals surface area (Å²) in [6.07, 6.45) is -4.11. The Hall–Kier alpha value is -1.03. The van der Waals surface area contributed by atoms with Crippen LogP contribution in [0.25, 0.3) is 0 Å².